The van der Waals surface area contributed by atoms with Crippen LogP contribution in [0.1, 0.15) is 40.0 Å². The van der Waals surface area contributed by atoms with Gasteiger partial charge in [-0.25, -0.2) is 15.0 Å². The first kappa shape index (κ1) is 24.4. The van der Waals surface area contributed by atoms with Crippen molar-refractivity contribution in [3.63, 3.8) is 0 Å². The van der Waals surface area contributed by atoms with Crippen LogP contribution in [-0.2, 0) is 24.4 Å². The van der Waals surface area contributed by atoms with Crippen LogP contribution in [0.25, 0.3) is 10.8 Å². The Bertz CT molecular complexity index is 1400. The number of pyridine rings is 1. The number of nitrogens with two attached hydrogens (primary N) is 1. The van der Waals surface area contributed by atoms with E-state index in [2.05, 4.69) is 30.3 Å². The zero-order valence-corrected chi connectivity index (χ0v) is 21.0. The van der Waals surface area contributed by atoms with Gasteiger partial charge in [0, 0.05) is 73.4 Å². The summed E-state index contributed by atoms with van der Waals surface area (Å²) < 4.78 is 12.6. The summed E-state index contributed by atoms with van der Waals surface area (Å²) in [5.74, 6) is 1.58. The van der Waals surface area contributed by atoms with Gasteiger partial charge >= 0.3 is 0 Å². The van der Waals surface area contributed by atoms with E-state index < -0.39 is 0 Å². The second-order valence-corrected chi connectivity index (χ2v) is 8.94. The van der Waals surface area contributed by atoms with E-state index in [0.29, 0.717) is 29.4 Å². The molecular weight excluding hydrogens is 472 g/mol. The first-order chi connectivity index (χ1) is 18.1. The van der Waals surface area contributed by atoms with Crippen LogP contribution in [-0.4, -0.2) is 57.9 Å². The monoisotopic (exact) mass is 502 g/mol. The first-order valence-corrected chi connectivity index (χ1v) is 12.2. The minimum Gasteiger partial charge on any atom is -0.496 e. The molecule has 0 radical (unpaired) electrons. The Labute approximate surface area is 214 Å². The molecule has 1 aliphatic rings. The van der Waals surface area contributed by atoms with Crippen molar-refractivity contribution in [3.05, 3.63) is 65.4 Å². The lowest BCUT2D eigenvalue weighted by Gasteiger charge is -2.14. The minimum absolute atomic E-state index is 0.214. The molecule has 37 heavy (non-hydrogen) atoms. The van der Waals surface area contributed by atoms with Gasteiger partial charge in [0.2, 0.25) is 5.95 Å². The molecule has 0 atom stereocenters. The van der Waals surface area contributed by atoms with E-state index in [0.717, 1.165) is 40.9 Å². The molecule has 4 heterocycles. The van der Waals surface area contributed by atoms with E-state index in [4.69, 9.17) is 15.2 Å². The number of hydrogen-bond donors (Lipinski definition) is 2. The molecule has 1 aromatic carbocycles. The van der Waals surface area contributed by atoms with Gasteiger partial charge in [-0.1, -0.05) is 12.1 Å². The highest BCUT2D eigenvalue weighted by atomic mass is 16.5. The van der Waals surface area contributed by atoms with Gasteiger partial charge in [0.05, 0.1) is 25.8 Å². The summed E-state index contributed by atoms with van der Waals surface area (Å²) in [6.07, 6.45) is 9.33. The molecule has 5 rings (SSSR count). The van der Waals surface area contributed by atoms with E-state index >= 15 is 0 Å². The first-order valence-electron chi connectivity index (χ1n) is 12.2. The molecule has 0 aliphatic carbocycles. The lowest BCUT2D eigenvalue weighted by molar-refractivity contribution is 0.0945. The number of anilines is 2. The Morgan fingerprint density at radius 2 is 1.86 bits per heavy atom. The van der Waals surface area contributed by atoms with Crippen LogP contribution >= 0.6 is 0 Å². The Balaban J connectivity index is 1.31. The van der Waals surface area contributed by atoms with E-state index in [1.165, 1.54) is 12.8 Å². The maximum Gasteiger partial charge on any atom is 0.255 e. The van der Waals surface area contributed by atoms with Crippen molar-refractivity contribution in [3.8, 4) is 5.75 Å². The Morgan fingerprint density at radius 3 is 2.59 bits per heavy atom. The lowest BCUT2D eigenvalue weighted by Crippen LogP contribution is -2.24. The van der Waals surface area contributed by atoms with Gasteiger partial charge in [0.15, 0.2) is 0 Å². The summed E-state index contributed by atoms with van der Waals surface area (Å²) in [6.45, 7) is 2.91. The van der Waals surface area contributed by atoms with Crippen molar-refractivity contribution in [1.29, 1.82) is 0 Å². The zero-order valence-electron chi connectivity index (χ0n) is 21.0. The summed E-state index contributed by atoms with van der Waals surface area (Å²) >= 11 is 0. The number of nitrogens with zero attached hydrogens (tertiary/aromatic N) is 6. The van der Waals surface area contributed by atoms with Gasteiger partial charge in [-0.3, -0.25) is 9.48 Å². The second-order valence-electron chi connectivity index (χ2n) is 8.94. The zero-order chi connectivity index (χ0) is 25.8. The van der Waals surface area contributed by atoms with Crippen LogP contribution in [0.2, 0.25) is 0 Å². The topological polar surface area (TPSA) is 133 Å². The number of methoxy groups -OCH3 is 2. The normalized spacial score (nSPS) is 13.3. The summed E-state index contributed by atoms with van der Waals surface area (Å²) in [5, 5.41) is 9.20. The van der Waals surface area contributed by atoms with Crippen LogP contribution in [0.3, 0.4) is 0 Å². The Morgan fingerprint density at radius 1 is 1.08 bits per heavy atom. The third-order valence-electron chi connectivity index (χ3n) is 6.44. The number of carbonyl (C=O) groups is 1. The number of carbonyl (C=O) groups excluding carboxylic acids is 1. The molecule has 4 aromatic rings. The molecule has 0 spiro atoms. The quantitative estimate of drug-likeness (QED) is 0.354. The summed E-state index contributed by atoms with van der Waals surface area (Å²) in [4.78, 5) is 28.5. The summed E-state index contributed by atoms with van der Waals surface area (Å²) in [5.41, 5.74) is 8.73. The maximum atomic E-state index is 13.2. The maximum absolute atomic E-state index is 13.2. The molecular formula is C26H30N8O3. The number of aromatic nitrogens is 5. The molecule has 1 amide bonds. The summed E-state index contributed by atoms with van der Waals surface area (Å²) in [6, 6.07) is 5.61. The van der Waals surface area contributed by atoms with Crippen LogP contribution < -0.4 is 20.7 Å². The molecule has 192 valence electrons. The fourth-order valence-corrected chi connectivity index (χ4v) is 4.62. The molecule has 0 unspecified atom stereocenters. The number of fused-ring (bicyclic) bond motifs is 1. The molecule has 11 nitrogen and oxygen atoms in total. The van der Waals surface area contributed by atoms with E-state index in [1.807, 2.05) is 30.6 Å². The molecule has 1 fully saturated rings. The molecule has 3 N–H and O–H groups in total. The lowest BCUT2D eigenvalue weighted by atomic mass is 10.1. The SMILES string of the molecule is COCc1nn(Cc2cnc(N3CCCC3)nc2)cc1C(=O)NCc1ccc2c(N)nccc2c1OC. The molecule has 1 saturated heterocycles. The number of nitrogen functional groups attached to an aromatic ring is 1. The van der Waals surface area contributed by atoms with E-state index in [1.54, 1.807) is 31.3 Å². The highest BCUT2D eigenvalue weighted by Gasteiger charge is 2.19. The smallest absolute Gasteiger partial charge is 0.255 e. The average Bonchev–Trinajstić information content (AvgIpc) is 3.58. The molecule has 1 aliphatic heterocycles. The number of rotatable bonds is 9. The third kappa shape index (κ3) is 5.17. The number of hydrogen-bond acceptors (Lipinski definition) is 9. The fraction of sp³-hybridized carbons (Fsp3) is 0.346. The molecule has 0 saturated carbocycles. The predicted octanol–water partition coefficient (Wildman–Crippen LogP) is 2.54. The van der Waals surface area contributed by atoms with E-state index in [9.17, 15) is 4.79 Å². The summed E-state index contributed by atoms with van der Waals surface area (Å²) in [7, 11) is 3.17. The van der Waals surface area contributed by atoms with Gasteiger partial charge in [-0.15, -0.1) is 0 Å². The van der Waals surface area contributed by atoms with Crippen LogP contribution in [0.5, 0.6) is 5.75 Å². The second kappa shape index (κ2) is 10.8. The van der Waals surface area contributed by atoms with Crippen molar-refractivity contribution in [2.75, 3.05) is 37.9 Å². The Hall–Kier alpha value is -4.25. The number of benzene rings is 1. The van der Waals surface area contributed by atoms with Crippen molar-refractivity contribution in [2.24, 2.45) is 0 Å². The van der Waals surface area contributed by atoms with Crippen LogP contribution in [0.15, 0.2) is 43.0 Å². The van der Waals surface area contributed by atoms with Gasteiger partial charge in [0.25, 0.3) is 5.91 Å². The van der Waals surface area contributed by atoms with Crippen molar-refractivity contribution < 1.29 is 14.3 Å². The van der Waals surface area contributed by atoms with Gasteiger partial charge in [-0.2, -0.15) is 5.10 Å². The largest absolute Gasteiger partial charge is 0.496 e. The van der Waals surface area contributed by atoms with Crippen LogP contribution in [0, 0.1) is 0 Å². The Kier molecular flexibility index (Phi) is 7.13. The van der Waals surface area contributed by atoms with Gasteiger partial charge in [-0.05, 0) is 18.9 Å². The minimum atomic E-state index is -0.254. The van der Waals surface area contributed by atoms with Crippen LogP contribution in [0.4, 0.5) is 11.8 Å². The standard InChI is InChI=1S/C26H30N8O3/c1-36-16-22-21(15-34(32-22)14-17-11-30-26(31-12-17)33-9-3-4-10-33)25(35)29-13-18-5-6-20-19(23(18)37-2)7-8-28-24(20)27/h5-8,11-12,15H,3-4,9-10,13-14,16H2,1-2H3,(H2,27,28)(H,29,35). The number of ether oxygens (including phenoxy) is 2. The third-order valence-corrected chi connectivity index (χ3v) is 6.44. The molecule has 0 bridgehead atoms. The van der Waals surface area contributed by atoms with Crippen molar-refractivity contribution >= 4 is 28.4 Å². The number of amides is 1. The van der Waals surface area contributed by atoms with Gasteiger partial charge in [0.1, 0.15) is 17.3 Å². The fourth-order valence-electron chi connectivity index (χ4n) is 4.62. The highest BCUT2D eigenvalue weighted by molar-refractivity contribution is 5.97. The molecule has 11 heteroatoms. The predicted molar refractivity (Wildman–Crippen MR) is 139 cm³/mol. The van der Waals surface area contributed by atoms with Gasteiger partial charge < -0.3 is 25.4 Å². The number of nitrogens with one attached hydrogen (secondary N) is 1. The average molecular weight is 503 g/mol. The van der Waals surface area contributed by atoms with Crippen molar-refractivity contribution in [2.45, 2.75) is 32.5 Å². The van der Waals surface area contributed by atoms with E-state index in [-0.39, 0.29) is 19.1 Å². The molecule has 3 aromatic heterocycles. The van der Waals surface area contributed by atoms with Crippen molar-refractivity contribution in [1.82, 2.24) is 30.0 Å². The highest BCUT2D eigenvalue weighted by Crippen LogP contribution is 2.31.